The molecule has 0 spiro atoms. The van der Waals surface area contributed by atoms with Gasteiger partial charge in [0, 0.05) is 18.4 Å². The zero-order valence-electron chi connectivity index (χ0n) is 16.6. The minimum atomic E-state index is -3.43. The molecule has 0 heterocycles. The number of carbonyl (C=O) groups excluding carboxylic acids is 2. The van der Waals surface area contributed by atoms with Crippen LogP contribution >= 0.6 is 0 Å². The van der Waals surface area contributed by atoms with Crippen LogP contribution in [0.5, 0.6) is 0 Å². The number of hydrogen-bond donors (Lipinski definition) is 2. The van der Waals surface area contributed by atoms with Crippen molar-refractivity contribution in [2.45, 2.75) is 39.7 Å². The van der Waals surface area contributed by atoms with Gasteiger partial charge in [-0.3, -0.25) is 14.3 Å². The van der Waals surface area contributed by atoms with Crippen LogP contribution in [0.15, 0.2) is 42.5 Å². The first kappa shape index (κ1) is 21.6. The van der Waals surface area contributed by atoms with E-state index < -0.39 is 16.1 Å². The maximum absolute atomic E-state index is 12.3. The van der Waals surface area contributed by atoms with Crippen LogP contribution in [-0.2, 0) is 14.8 Å². The lowest BCUT2D eigenvalue weighted by Crippen LogP contribution is -2.27. The summed E-state index contributed by atoms with van der Waals surface area (Å²) in [5.41, 5.74) is 3.83. The van der Waals surface area contributed by atoms with E-state index in [0.717, 1.165) is 17.4 Å². The predicted molar refractivity (Wildman–Crippen MR) is 111 cm³/mol. The molecule has 2 aromatic carbocycles. The number of aryl methyl sites for hydroxylation is 2. The average Bonchev–Trinajstić information content (AvgIpc) is 2.61. The fraction of sp³-hybridized carbons (Fsp3) is 0.333. The summed E-state index contributed by atoms with van der Waals surface area (Å²) in [4.78, 5) is 24.6. The number of carbonyl (C=O) groups is 2. The van der Waals surface area contributed by atoms with Crippen molar-refractivity contribution in [3.05, 3.63) is 64.7 Å². The number of benzene rings is 2. The van der Waals surface area contributed by atoms with Gasteiger partial charge in [0.1, 0.15) is 0 Å². The van der Waals surface area contributed by atoms with E-state index in [1.807, 2.05) is 26.0 Å². The summed E-state index contributed by atoms with van der Waals surface area (Å²) in [5, 5.41) is 2.82. The van der Waals surface area contributed by atoms with Gasteiger partial charge in [-0.25, -0.2) is 8.42 Å². The van der Waals surface area contributed by atoms with E-state index >= 15 is 0 Å². The van der Waals surface area contributed by atoms with Gasteiger partial charge in [0.2, 0.25) is 15.9 Å². The first-order valence-electron chi connectivity index (χ1n) is 9.03. The number of anilines is 1. The summed E-state index contributed by atoms with van der Waals surface area (Å²) in [6.07, 6.45) is 1.26. The average molecular weight is 403 g/mol. The van der Waals surface area contributed by atoms with Gasteiger partial charge in [-0.2, -0.15) is 0 Å². The lowest BCUT2D eigenvalue weighted by Gasteiger charge is -2.18. The zero-order chi connectivity index (χ0) is 20.9. The molecule has 28 heavy (non-hydrogen) atoms. The van der Waals surface area contributed by atoms with Crippen LogP contribution in [0.1, 0.15) is 52.9 Å². The normalized spacial score (nSPS) is 12.3. The molecule has 0 saturated carbocycles. The number of nitrogens with one attached hydrogen (secondary N) is 2. The van der Waals surface area contributed by atoms with Gasteiger partial charge in [0.15, 0.2) is 5.78 Å². The SMILES string of the molecule is Cc1ccc(C(=O)CCC(=O)N[C@@H](C)c2ccccc2NS(C)(=O)=O)cc1C. The van der Waals surface area contributed by atoms with Crippen molar-refractivity contribution in [3.8, 4) is 0 Å². The third-order valence-electron chi connectivity index (χ3n) is 4.51. The smallest absolute Gasteiger partial charge is 0.229 e. The van der Waals surface area contributed by atoms with Crippen LogP contribution in [0, 0.1) is 13.8 Å². The Labute approximate surface area is 166 Å². The molecule has 0 aliphatic heterocycles. The third-order valence-corrected chi connectivity index (χ3v) is 5.10. The Hall–Kier alpha value is -2.67. The second-order valence-corrected chi connectivity index (χ2v) is 8.72. The molecule has 150 valence electrons. The lowest BCUT2D eigenvalue weighted by atomic mass is 10.0. The highest BCUT2D eigenvalue weighted by atomic mass is 32.2. The summed E-state index contributed by atoms with van der Waals surface area (Å²) in [6, 6.07) is 12.0. The molecule has 2 N–H and O–H groups in total. The molecule has 0 saturated heterocycles. The Balaban J connectivity index is 1.98. The van der Waals surface area contributed by atoms with Crippen LogP contribution < -0.4 is 10.0 Å². The first-order valence-corrected chi connectivity index (χ1v) is 10.9. The molecule has 0 fully saturated rings. The minimum Gasteiger partial charge on any atom is -0.349 e. The third kappa shape index (κ3) is 6.20. The molecule has 2 rings (SSSR count). The first-order chi connectivity index (χ1) is 13.1. The Morgan fingerprint density at radius 2 is 1.68 bits per heavy atom. The van der Waals surface area contributed by atoms with E-state index in [1.165, 1.54) is 0 Å². The summed E-state index contributed by atoms with van der Waals surface area (Å²) in [7, 11) is -3.43. The Morgan fingerprint density at radius 3 is 2.32 bits per heavy atom. The number of para-hydroxylation sites is 1. The quantitative estimate of drug-likeness (QED) is 0.661. The van der Waals surface area contributed by atoms with Gasteiger partial charge in [0.05, 0.1) is 18.0 Å². The molecule has 1 atom stereocenters. The molecular weight excluding hydrogens is 376 g/mol. The van der Waals surface area contributed by atoms with Crippen molar-refractivity contribution in [2.75, 3.05) is 11.0 Å². The predicted octanol–water partition coefficient (Wildman–Crippen LogP) is 3.52. The molecule has 0 bridgehead atoms. The van der Waals surface area contributed by atoms with E-state index in [9.17, 15) is 18.0 Å². The van der Waals surface area contributed by atoms with Gasteiger partial charge < -0.3 is 5.32 Å². The maximum Gasteiger partial charge on any atom is 0.229 e. The molecule has 1 amide bonds. The van der Waals surface area contributed by atoms with Gasteiger partial charge in [0.25, 0.3) is 0 Å². The van der Waals surface area contributed by atoms with Crippen molar-refractivity contribution < 1.29 is 18.0 Å². The van der Waals surface area contributed by atoms with E-state index in [-0.39, 0.29) is 24.5 Å². The van der Waals surface area contributed by atoms with E-state index in [2.05, 4.69) is 10.0 Å². The second kappa shape index (κ2) is 9.01. The van der Waals surface area contributed by atoms with Crippen molar-refractivity contribution in [1.29, 1.82) is 0 Å². The van der Waals surface area contributed by atoms with Crippen LogP contribution in [0.3, 0.4) is 0 Å². The number of hydrogen-bond acceptors (Lipinski definition) is 4. The maximum atomic E-state index is 12.3. The number of rotatable bonds is 8. The Kier molecular flexibility index (Phi) is 6.96. The standard InChI is InChI=1S/C21H26N2O4S/c1-14-9-10-17(13-15(14)2)20(24)11-12-21(25)22-16(3)18-7-5-6-8-19(18)23-28(4,26)27/h5-10,13,16,23H,11-12H2,1-4H3,(H,22,25)/t16-/m0/s1. The molecule has 7 heteroatoms. The molecule has 0 radical (unpaired) electrons. The van der Waals surface area contributed by atoms with Crippen LogP contribution in [0.25, 0.3) is 0 Å². The van der Waals surface area contributed by atoms with Crippen molar-refractivity contribution >= 4 is 27.4 Å². The summed E-state index contributed by atoms with van der Waals surface area (Å²) in [6.45, 7) is 5.70. The Morgan fingerprint density at radius 1 is 1.00 bits per heavy atom. The second-order valence-electron chi connectivity index (χ2n) is 6.97. The molecular formula is C21H26N2O4S. The largest absolute Gasteiger partial charge is 0.349 e. The van der Waals surface area contributed by atoms with Crippen LogP contribution in [0.4, 0.5) is 5.69 Å². The highest BCUT2D eigenvalue weighted by Gasteiger charge is 2.16. The zero-order valence-corrected chi connectivity index (χ0v) is 17.4. The van der Waals surface area contributed by atoms with Crippen LogP contribution in [-0.4, -0.2) is 26.4 Å². The lowest BCUT2D eigenvalue weighted by molar-refractivity contribution is -0.121. The van der Waals surface area contributed by atoms with Crippen molar-refractivity contribution in [3.63, 3.8) is 0 Å². The highest BCUT2D eigenvalue weighted by Crippen LogP contribution is 2.23. The van der Waals surface area contributed by atoms with Gasteiger partial charge in [-0.15, -0.1) is 0 Å². The van der Waals surface area contributed by atoms with E-state index in [1.54, 1.807) is 37.3 Å². The number of ketones is 1. The number of sulfonamides is 1. The fourth-order valence-electron chi connectivity index (χ4n) is 2.84. The number of Topliss-reactive ketones (excluding diaryl/α,β-unsaturated/α-hetero) is 1. The summed E-state index contributed by atoms with van der Waals surface area (Å²) >= 11 is 0. The molecule has 0 aliphatic carbocycles. The molecule has 0 aromatic heterocycles. The monoisotopic (exact) mass is 402 g/mol. The van der Waals surface area contributed by atoms with Crippen LogP contribution in [0.2, 0.25) is 0 Å². The molecule has 0 aliphatic rings. The number of amides is 1. The summed E-state index contributed by atoms with van der Waals surface area (Å²) < 4.78 is 25.5. The molecule has 2 aromatic rings. The Bertz CT molecular complexity index is 984. The van der Waals surface area contributed by atoms with Gasteiger partial charge >= 0.3 is 0 Å². The van der Waals surface area contributed by atoms with Gasteiger partial charge in [-0.1, -0.05) is 30.3 Å². The fourth-order valence-corrected chi connectivity index (χ4v) is 3.43. The highest BCUT2D eigenvalue weighted by molar-refractivity contribution is 7.92. The topological polar surface area (TPSA) is 92.3 Å². The minimum absolute atomic E-state index is 0.0672. The molecule has 0 unspecified atom stereocenters. The van der Waals surface area contributed by atoms with E-state index in [4.69, 9.17) is 0 Å². The van der Waals surface area contributed by atoms with Crippen molar-refractivity contribution in [2.24, 2.45) is 0 Å². The summed E-state index contributed by atoms with van der Waals surface area (Å²) in [5.74, 6) is -0.344. The van der Waals surface area contributed by atoms with Crippen molar-refractivity contribution in [1.82, 2.24) is 5.32 Å². The van der Waals surface area contributed by atoms with E-state index in [0.29, 0.717) is 16.8 Å². The molecule has 6 nitrogen and oxygen atoms in total. The van der Waals surface area contributed by atoms with Gasteiger partial charge in [-0.05, 0) is 49.6 Å².